The highest BCUT2D eigenvalue weighted by Gasteiger charge is 2.26. The summed E-state index contributed by atoms with van der Waals surface area (Å²) in [4.78, 5) is 11.0. The fourth-order valence-electron chi connectivity index (χ4n) is 3.56. The maximum absolute atomic E-state index is 13.1. The van der Waals surface area contributed by atoms with E-state index in [0.29, 0.717) is 12.6 Å². The lowest BCUT2D eigenvalue weighted by atomic mass is 9.86. The van der Waals surface area contributed by atoms with Crippen molar-refractivity contribution in [3.8, 4) is 5.69 Å². The SMILES string of the molecule is Cc1nn(-c2ccc(F)cc2)c(C)c1CNC1CCC(C(=O)O)CC1. The molecule has 1 saturated carbocycles. The summed E-state index contributed by atoms with van der Waals surface area (Å²) in [5.74, 6) is -1.13. The molecule has 3 rings (SSSR count). The third-order valence-electron chi connectivity index (χ3n) is 5.16. The number of rotatable bonds is 5. The Morgan fingerprint density at radius 3 is 2.48 bits per heavy atom. The quantitative estimate of drug-likeness (QED) is 0.872. The third kappa shape index (κ3) is 3.90. The minimum atomic E-state index is -0.675. The molecule has 25 heavy (non-hydrogen) atoms. The van der Waals surface area contributed by atoms with Crippen molar-refractivity contribution in [1.82, 2.24) is 15.1 Å². The molecule has 0 amide bonds. The van der Waals surface area contributed by atoms with Crippen molar-refractivity contribution in [3.63, 3.8) is 0 Å². The van der Waals surface area contributed by atoms with Crippen molar-refractivity contribution < 1.29 is 14.3 Å². The number of nitrogens with zero attached hydrogens (tertiary/aromatic N) is 2. The number of hydrogen-bond donors (Lipinski definition) is 2. The molecule has 2 N–H and O–H groups in total. The zero-order chi connectivity index (χ0) is 18.0. The van der Waals surface area contributed by atoms with Crippen molar-refractivity contribution >= 4 is 5.97 Å². The lowest BCUT2D eigenvalue weighted by Gasteiger charge is -2.27. The average Bonchev–Trinajstić information content (AvgIpc) is 2.88. The normalized spacial score (nSPS) is 20.6. The summed E-state index contributed by atoms with van der Waals surface area (Å²) < 4.78 is 15.0. The van der Waals surface area contributed by atoms with Gasteiger partial charge < -0.3 is 10.4 Å². The van der Waals surface area contributed by atoms with E-state index >= 15 is 0 Å². The molecule has 0 saturated heterocycles. The van der Waals surface area contributed by atoms with Gasteiger partial charge >= 0.3 is 5.97 Å². The van der Waals surface area contributed by atoms with Crippen LogP contribution in [0.15, 0.2) is 24.3 Å². The van der Waals surface area contributed by atoms with Crippen molar-refractivity contribution in [1.29, 1.82) is 0 Å². The number of aliphatic carboxylic acids is 1. The first-order valence-corrected chi connectivity index (χ1v) is 8.73. The first kappa shape index (κ1) is 17.6. The van der Waals surface area contributed by atoms with Crippen LogP contribution >= 0.6 is 0 Å². The molecule has 0 aliphatic heterocycles. The number of aryl methyl sites for hydroxylation is 1. The van der Waals surface area contributed by atoms with E-state index in [9.17, 15) is 9.18 Å². The predicted octanol–water partition coefficient (Wildman–Crippen LogP) is 3.36. The van der Waals surface area contributed by atoms with Gasteiger partial charge in [-0.2, -0.15) is 5.10 Å². The van der Waals surface area contributed by atoms with Crippen molar-refractivity contribution in [2.75, 3.05) is 0 Å². The van der Waals surface area contributed by atoms with Gasteiger partial charge in [-0.3, -0.25) is 4.79 Å². The fraction of sp³-hybridized carbons (Fsp3) is 0.474. The number of nitrogens with one attached hydrogen (secondary N) is 1. The third-order valence-corrected chi connectivity index (χ3v) is 5.16. The van der Waals surface area contributed by atoms with Gasteiger partial charge in [-0.1, -0.05) is 0 Å². The number of halogens is 1. The van der Waals surface area contributed by atoms with Crippen molar-refractivity contribution in [2.45, 2.75) is 52.1 Å². The molecular weight excluding hydrogens is 321 g/mol. The van der Waals surface area contributed by atoms with Crippen LogP contribution in [0.25, 0.3) is 5.69 Å². The maximum atomic E-state index is 13.1. The summed E-state index contributed by atoms with van der Waals surface area (Å²) in [7, 11) is 0. The molecule has 1 heterocycles. The van der Waals surface area contributed by atoms with Crippen LogP contribution in [0.1, 0.15) is 42.6 Å². The van der Waals surface area contributed by atoms with Crippen LogP contribution in [-0.4, -0.2) is 26.9 Å². The second-order valence-electron chi connectivity index (χ2n) is 6.81. The number of benzene rings is 1. The van der Waals surface area contributed by atoms with E-state index in [4.69, 9.17) is 5.11 Å². The smallest absolute Gasteiger partial charge is 0.306 e. The zero-order valence-corrected chi connectivity index (χ0v) is 14.6. The molecule has 0 atom stereocenters. The molecule has 1 aliphatic carbocycles. The summed E-state index contributed by atoms with van der Waals surface area (Å²) in [5.41, 5.74) is 3.98. The minimum Gasteiger partial charge on any atom is -0.481 e. The van der Waals surface area contributed by atoms with Crippen LogP contribution in [0, 0.1) is 25.6 Å². The van der Waals surface area contributed by atoms with Crippen LogP contribution in [-0.2, 0) is 11.3 Å². The molecule has 1 fully saturated rings. The average molecular weight is 345 g/mol. The number of carboxylic acids is 1. The predicted molar refractivity (Wildman–Crippen MR) is 93.2 cm³/mol. The zero-order valence-electron chi connectivity index (χ0n) is 14.6. The van der Waals surface area contributed by atoms with E-state index in [1.165, 1.54) is 12.1 Å². The number of carboxylic acid groups (broad SMARTS) is 1. The van der Waals surface area contributed by atoms with E-state index in [2.05, 4.69) is 10.4 Å². The number of aromatic nitrogens is 2. The lowest BCUT2D eigenvalue weighted by Crippen LogP contribution is -2.34. The highest BCUT2D eigenvalue weighted by molar-refractivity contribution is 5.70. The highest BCUT2D eigenvalue weighted by atomic mass is 19.1. The second-order valence-corrected chi connectivity index (χ2v) is 6.81. The van der Waals surface area contributed by atoms with Gasteiger partial charge in [-0.25, -0.2) is 9.07 Å². The summed E-state index contributed by atoms with van der Waals surface area (Å²) in [6, 6.07) is 6.66. The van der Waals surface area contributed by atoms with Gasteiger partial charge in [-0.15, -0.1) is 0 Å². The Kier molecular flexibility index (Phi) is 5.18. The summed E-state index contributed by atoms with van der Waals surface area (Å²) >= 11 is 0. The Balaban J connectivity index is 1.66. The van der Waals surface area contributed by atoms with Gasteiger partial charge in [0.15, 0.2) is 0 Å². The van der Waals surface area contributed by atoms with Gasteiger partial charge in [0.2, 0.25) is 0 Å². The molecule has 1 aliphatic rings. The molecule has 6 heteroatoms. The van der Waals surface area contributed by atoms with Crippen LogP contribution in [0.2, 0.25) is 0 Å². The van der Waals surface area contributed by atoms with E-state index in [1.807, 2.05) is 18.5 Å². The minimum absolute atomic E-state index is 0.192. The van der Waals surface area contributed by atoms with Gasteiger partial charge in [0.25, 0.3) is 0 Å². The van der Waals surface area contributed by atoms with E-state index in [-0.39, 0.29) is 11.7 Å². The number of hydrogen-bond acceptors (Lipinski definition) is 3. The first-order chi connectivity index (χ1) is 12.0. The highest BCUT2D eigenvalue weighted by Crippen LogP contribution is 2.25. The Bertz CT molecular complexity index is 747. The topological polar surface area (TPSA) is 67.2 Å². The molecule has 0 bridgehead atoms. The van der Waals surface area contributed by atoms with Gasteiger partial charge in [0.1, 0.15) is 5.82 Å². The van der Waals surface area contributed by atoms with E-state index < -0.39 is 5.97 Å². The van der Waals surface area contributed by atoms with Crippen molar-refractivity contribution in [3.05, 3.63) is 47.0 Å². The van der Waals surface area contributed by atoms with Crippen LogP contribution in [0.3, 0.4) is 0 Å². The standard InChI is InChI=1S/C19H24FN3O2/c1-12-18(11-21-16-7-3-14(4-8-16)19(24)25)13(2)23(22-12)17-9-5-15(20)6-10-17/h5-6,9-10,14,16,21H,3-4,7-8,11H2,1-2H3,(H,24,25). The Morgan fingerprint density at radius 2 is 1.88 bits per heavy atom. The molecule has 1 aromatic heterocycles. The maximum Gasteiger partial charge on any atom is 0.306 e. The van der Waals surface area contributed by atoms with Crippen LogP contribution < -0.4 is 5.32 Å². The van der Waals surface area contributed by atoms with E-state index in [1.54, 1.807) is 12.1 Å². The molecule has 134 valence electrons. The molecule has 0 spiro atoms. The molecule has 0 unspecified atom stereocenters. The Hall–Kier alpha value is -2.21. The summed E-state index contributed by atoms with van der Waals surface area (Å²) in [5, 5.41) is 17.2. The Morgan fingerprint density at radius 1 is 1.24 bits per heavy atom. The molecule has 5 nitrogen and oxygen atoms in total. The number of carbonyl (C=O) groups is 1. The first-order valence-electron chi connectivity index (χ1n) is 8.73. The van der Waals surface area contributed by atoms with Crippen LogP contribution in [0.5, 0.6) is 0 Å². The van der Waals surface area contributed by atoms with Gasteiger partial charge in [0.05, 0.1) is 17.3 Å². The largest absolute Gasteiger partial charge is 0.481 e. The second kappa shape index (κ2) is 7.35. The van der Waals surface area contributed by atoms with Gasteiger partial charge in [0, 0.05) is 23.8 Å². The molecular formula is C19H24FN3O2. The van der Waals surface area contributed by atoms with Crippen LogP contribution in [0.4, 0.5) is 4.39 Å². The van der Waals surface area contributed by atoms with Crippen molar-refractivity contribution in [2.24, 2.45) is 5.92 Å². The van der Waals surface area contributed by atoms with E-state index in [0.717, 1.165) is 48.3 Å². The monoisotopic (exact) mass is 345 g/mol. The molecule has 1 aromatic carbocycles. The Labute approximate surface area is 146 Å². The molecule has 0 radical (unpaired) electrons. The fourth-order valence-corrected chi connectivity index (χ4v) is 3.56. The summed E-state index contributed by atoms with van der Waals surface area (Å²) in [6.07, 6.45) is 3.25. The van der Waals surface area contributed by atoms with Gasteiger partial charge in [-0.05, 0) is 63.8 Å². The summed E-state index contributed by atoms with van der Waals surface area (Å²) in [6.45, 7) is 4.70. The lowest BCUT2D eigenvalue weighted by molar-refractivity contribution is -0.142. The molecule has 2 aromatic rings.